The van der Waals surface area contributed by atoms with Gasteiger partial charge in [-0.25, -0.2) is 18.5 Å². The van der Waals surface area contributed by atoms with Crippen molar-refractivity contribution in [3.8, 4) is 5.88 Å². The van der Waals surface area contributed by atoms with Gasteiger partial charge in [-0.05, 0) is 18.4 Å². The second-order valence-corrected chi connectivity index (χ2v) is 5.52. The predicted molar refractivity (Wildman–Crippen MR) is 58.4 cm³/mol. The number of nitrogens with zero attached hydrogens (tertiary/aromatic N) is 1. The van der Waals surface area contributed by atoms with Gasteiger partial charge in [0.2, 0.25) is 15.9 Å². The Kier molecular flexibility index (Phi) is 3.11. The topological polar surface area (TPSA) is 82.3 Å². The fourth-order valence-electron chi connectivity index (χ4n) is 1.36. The highest BCUT2D eigenvalue weighted by Gasteiger charge is 2.20. The minimum absolute atomic E-state index is 0.00189. The number of primary sulfonamides is 1. The molecule has 0 aliphatic heterocycles. The maximum Gasteiger partial charge on any atom is 0.239 e. The highest BCUT2D eigenvalue weighted by molar-refractivity contribution is 7.89. The molecule has 88 valence electrons. The first-order valence-corrected chi connectivity index (χ1v) is 6.72. The smallest absolute Gasteiger partial charge is 0.239 e. The molecule has 1 aliphatic rings. The van der Waals surface area contributed by atoms with Crippen molar-refractivity contribution in [3.63, 3.8) is 0 Å². The van der Waals surface area contributed by atoms with Crippen molar-refractivity contribution in [2.45, 2.75) is 24.2 Å². The Morgan fingerprint density at radius 1 is 1.44 bits per heavy atom. The Morgan fingerprint density at radius 3 is 2.69 bits per heavy atom. The molecule has 1 heterocycles. The molecule has 16 heavy (non-hydrogen) atoms. The summed E-state index contributed by atoms with van der Waals surface area (Å²) < 4.78 is 27.3. The minimum Gasteiger partial charge on any atom is -0.478 e. The van der Waals surface area contributed by atoms with Gasteiger partial charge in [-0.15, -0.1) is 0 Å². The molecule has 1 aromatic heterocycles. The lowest BCUT2D eigenvalue weighted by molar-refractivity contribution is 0.291. The third-order valence-electron chi connectivity index (χ3n) is 2.51. The first-order chi connectivity index (χ1) is 7.55. The molecule has 1 aliphatic carbocycles. The Hall–Kier alpha value is -1.14. The molecule has 2 N–H and O–H groups in total. The van der Waals surface area contributed by atoms with E-state index >= 15 is 0 Å². The van der Waals surface area contributed by atoms with Gasteiger partial charge in [0.15, 0.2) is 0 Å². The number of hydrogen-bond donors (Lipinski definition) is 1. The summed E-state index contributed by atoms with van der Waals surface area (Å²) in [5.41, 5.74) is 0. The molecule has 1 fully saturated rings. The summed E-state index contributed by atoms with van der Waals surface area (Å²) >= 11 is 0. The molecule has 1 saturated carbocycles. The van der Waals surface area contributed by atoms with Gasteiger partial charge in [0.1, 0.15) is 4.90 Å². The van der Waals surface area contributed by atoms with Crippen LogP contribution < -0.4 is 9.88 Å². The zero-order valence-corrected chi connectivity index (χ0v) is 9.61. The summed E-state index contributed by atoms with van der Waals surface area (Å²) in [7, 11) is -3.66. The van der Waals surface area contributed by atoms with Gasteiger partial charge in [0, 0.05) is 6.07 Å². The maximum atomic E-state index is 11.0. The molecule has 5 nitrogen and oxygen atoms in total. The predicted octanol–water partition coefficient (Wildman–Crippen LogP) is 0.908. The molecule has 0 spiro atoms. The van der Waals surface area contributed by atoms with Gasteiger partial charge in [-0.3, -0.25) is 0 Å². The van der Waals surface area contributed by atoms with E-state index in [2.05, 4.69) is 4.98 Å². The van der Waals surface area contributed by atoms with Gasteiger partial charge in [0.05, 0.1) is 12.8 Å². The van der Waals surface area contributed by atoms with Gasteiger partial charge >= 0.3 is 0 Å². The third-order valence-corrected chi connectivity index (χ3v) is 3.41. The van der Waals surface area contributed by atoms with Crippen LogP contribution in [-0.4, -0.2) is 20.0 Å². The van der Waals surface area contributed by atoms with Crippen LogP contribution in [0.4, 0.5) is 0 Å². The molecule has 0 aromatic carbocycles. The molecule has 1 aromatic rings. The molecule has 0 saturated heterocycles. The van der Waals surface area contributed by atoms with Crippen molar-refractivity contribution < 1.29 is 13.2 Å². The Bertz CT molecular complexity index is 451. The maximum absolute atomic E-state index is 11.0. The molecule has 0 unspecified atom stereocenters. The van der Waals surface area contributed by atoms with Crippen LogP contribution in [0.3, 0.4) is 0 Å². The molecule has 0 bridgehead atoms. The van der Waals surface area contributed by atoms with E-state index in [1.165, 1.54) is 31.2 Å². The lowest BCUT2D eigenvalue weighted by atomic mass is 10.3. The zero-order chi connectivity index (χ0) is 11.6. The molecule has 2 rings (SSSR count). The van der Waals surface area contributed by atoms with Gasteiger partial charge in [0.25, 0.3) is 0 Å². The van der Waals surface area contributed by atoms with Crippen LogP contribution in [0.15, 0.2) is 23.2 Å². The SMILES string of the molecule is NS(=O)(=O)c1ccc(OCCC2CC2)nc1. The Morgan fingerprint density at radius 2 is 2.19 bits per heavy atom. The van der Waals surface area contributed by atoms with Crippen LogP contribution >= 0.6 is 0 Å². The average molecular weight is 242 g/mol. The summed E-state index contributed by atoms with van der Waals surface area (Å²) in [4.78, 5) is 3.88. The number of nitrogens with two attached hydrogens (primary N) is 1. The summed E-state index contributed by atoms with van der Waals surface area (Å²) in [5.74, 6) is 1.25. The number of sulfonamides is 1. The van der Waals surface area contributed by atoms with E-state index in [0.717, 1.165) is 12.3 Å². The number of aromatic nitrogens is 1. The molecule has 0 atom stereocenters. The Labute approximate surface area is 94.7 Å². The number of rotatable bonds is 5. The molecule has 6 heteroatoms. The molecule has 0 amide bonds. The van der Waals surface area contributed by atoms with Crippen LogP contribution in [-0.2, 0) is 10.0 Å². The summed E-state index contributed by atoms with van der Waals surface area (Å²) in [6, 6.07) is 2.92. The molecular formula is C10H14N2O3S. The zero-order valence-electron chi connectivity index (χ0n) is 8.80. The summed E-state index contributed by atoms with van der Waals surface area (Å²) in [6.45, 7) is 0.631. The standard InChI is InChI=1S/C10H14N2O3S/c11-16(13,14)9-3-4-10(12-7-9)15-6-5-8-1-2-8/h3-4,7-8H,1-2,5-6H2,(H2,11,13,14). The average Bonchev–Trinajstić information content (AvgIpc) is 3.01. The second-order valence-electron chi connectivity index (χ2n) is 3.96. The third kappa shape index (κ3) is 3.18. The number of hydrogen-bond acceptors (Lipinski definition) is 4. The second kappa shape index (κ2) is 4.39. The van der Waals surface area contributed by atoms with E-state index in [1.54, 1.807) is 0 Å². The molecular weight excluding hydrogens is 228 g/mol. The van der Waals surface area contributed by atoms with Crippen LogP contribution in [0.2, 0.25) is 0 Å². The fourth-order valence-corrected chi connectivity index (χ4v) is 1.81. The van der Waals surface area contributed by atoms with Crippen molar-refractivity contribution in [1.82, 2.24) is 4.98 Å². The quantitative estimate of drug-likeness (QED) is 0.831. The monoisotopic (exact) mass is 242 g/mol. The van der Waals surface area contributed by atoms with Crippen molar-refractivity contribution >= 4 is 10.0 Å². The van der Waals surface area contributed by atoms with E-state index in [0.29, 0.717) is 12.5 Å². The van der Waals surface area contributed by atoms with Crippen LogP contribution in [0.1, 0.15) is 19.3 Å². The van der Waals surface area contributed by atoms with Crippen LogP contribution in [0.25, 0.3) is 0 Å². The fraction of sp³-hybridized carbons (Fsp3) is 0.500. The van der Waals surface area contributed by atoms with Gasteiger partial charge in [-0.1, -0.05) is 12.8 Å². The highest BCUT2D eigenvalue weighted by Crippen LogP contribution is 2.32. The van der Waals surface area contributed by atoms with Crippen molar-refractivity contribution in [2.75, 3.05) is 6.61 Å². The Balaban J connectivity index is 1.90. The lowest BCUT2D eigenvalue weighted by Crippen LogP contribution is -2.12. The van der Waals surface area contributed by atoms with Gasteiger partial charge in [-0.2, -0.15) is 0 Å². The number of ether oxygens (including phenoxy) is 1. The van der Waals surface area contributed by atoms with Crippen LogP contribution in [0, 0.1) is 5.92 Å². The van der Waals surface area contributed by atoms with E-state index in [-0.39, 0.29) is 4.90 Å². The van der Waals surface area contributed by atoms with E-state index in [1.807, 2.05) is 0 Å². The first kappa shape index (κ1) is 11.3. The summed E-state index contributed by atoms with van der Waals surface area (Å²) in [6.07, 6.45) is 4.84. The van der Waals surface area contributed by atoms with Crippen molar-refractivity contribution in [2.24, 2.45) is 11.1 Å². The first-order valence-electron chi connectivity index (χ1n) is 5.17. The molecule has 0 radical (unpaired) electrons. The van der Waals surface area contributed by atoms with E-state index in [4.69, 9.17) is 9.88 Å². The van der Waals surface area contributed by atoms with Gasteiger partial charge < -0.3 is 4.74 Å². The van der Waals surface area contributed by atoms with E-state index < -0.39 is 10.0 Å². The van der Waals surface area contributed by atoms with E-state index in [9.17, 15) is 8.42 Å². The lowest BCUT2D eigenvalue weighted by Gasteiger charge is -2.04. The largest absolute Gasteiger partial charge is 0.478 e. The highest BCUT2D eigenvalue weighted by atomic mass is 32.2. The van der Waals surface area contributed by atoms with Crippen LogP contribution in [0.5, 0.6) is 5.88 Å². The number of pyridine rings is 1. The van der Waals surface area contributed by atoms with Crippen molar-refractivity contribution in [3.05, 3.63) is 18.3 Å². The summed E-state index contributed by atoms with van der Waals surface area (Å²) in [5, 5.41) is 4.95. The minimum atomic E-state index is -3.66. The normalized spacial score (nSPS) is 16.1. The van der Waals surface area contributed by atoms with Crippen molar-refractivity contribution in [1.29, 1.82) is 0 Å².